The van der Waals surface area contributed by atoms with E-state index in [1.54, 1.807) is 4.90 Å². The van der Waals surface area contributed by atoms with Gasteiger partial charge in [-0.05, 0) is 30.7 Å². The maximum Gasteiger partial charge on any atom is 0.260 e. The lowest BCUT2D eigenvalue weighted by molar-refractivity contribution is -0.170. The number of halogens is 1. The molecule has 2 aliphatic heterocycles. The zero-order chi connectivity index (χ0) is 18.1. The number of aryl methyl sites for hydroxylation is 1. The lowest BCUT2D eigenvalue weighted by Crippen LogP contribution is -2.62. The molecule has 1 aromatic carbocycles. The molecule has 3 heterocycles. The molecule has 1 amide bonds. The van der Waals surface area contributed by atoms with Gasteiger partial charge < -0.3 is 14.4 Å². The molecular weight excluding hydrogens is 337 g/mol. The van der Waals surface area contributed by atoms with Gasteiger partial charge in [-0.25, -0.2) is 14.4 Å². The van der Waals surface area contributed by atoms with Gasteiger partial charge in [-0.3, -0.25) is 4.79 Å². The molecule has 0 atom stereocenters. The van der Waals surface area contributed by atoms with Crippen LogP contribution in [0.15, 0.2) is 30.5 Å². The van der Waals surface area contributed by atoms with Gasteiger partial charge in [0.2, 0.25) is 0 Å². The summed E-state index contributed by atoms with van der Waals surface area (Å²) >= 11 is 0. The Morgan fingerprint density at radius 1 is 1.35 bits per heavy atom. The molecule has 136 valence electrons. The van der Waals surface area contributed by atoms with Crippen molar-refractivity contribution in [3.8, 4) is 5.75 Å². The van der Waals surface area contributed by atoms with Crippen LogP contribution in [-0.4, -0.2) is 40.5 Å². The Balaban J connectivity index is 1.35. The normalized spacial score (nSPS) is 17.1. The summed E-state index contributed by atoms with van der Waals surface area (Å²) in [6, 6.07) is 5.60. The van der Waals surface area contributed by atoms with Crippen molar-refractivity contribution in [3.63, 3.8) is 0 Å². The summed E-state index contributed by atoms with van der Waals surface area (Å²) in [6.07, 6.45) is 3.70. The fourth-order valence-corrected chi connectivity index (χ4v) is 3.35. The molecule has 1 spiro atoms. The Kier molecular flexibility index (Phi) is 4.32. The van der Waals surface area contributed by atoms with Gasteiger partial charge in [-0.1, -0.05) is 6.92 Å². The smallest absolute Gasteiger partial charge is 0.260 e. The highest BCUT2D eigenvalue weighted by Gasteiger charge is 2.52. The summed E-state index contributed by atoms with van der Waals surface area (Å²) in [5.41, 5.74) is 1.44. The molecule has 6 nitrogen and oxygen atoms in total. The van der Waals surface area contributed by atoms with E-state index < -0.39 is 5.60 Å². The number of nitrogens with zero attached hydrogens (tertiary/aromatic N) is 3. The highest BCUT2D eigenvalue weighted by Crippen LogP contribution is 2.42. The van der Waals surface area contributed by atoms with E-state index in [4.69, 9.17) is 9.47 Å². The molecule has 7 heteroatoms. The Morgan fingerprint density at radius 2 is 2.12 bits per heavy atom. The quantitative estimate of drug-likeness (QED) is 0.821. The zero-order valence-corrected chi connectivity index (χ0v) is 14.6. The van der Waals surface area contributed by atoms with Crippen LogP contribution in [0.25, 0.3) is 0 Å². The third-order valence-corrected chi connectivity index (χ3v) is 4.79. The van der Waals surface area contributed by atoms with E-state index in [0.717, 1.165) is 29.9 Å². The van der Waals surface area contributed by atoms with Gasteiger partial charge in [0.25, 0.3) is 5.91 Å². The number of hydrogen-bond donors (Lipinski definition) is 0. The number of aromatic nitrogens is 2. The van der Waals surface area contributed by atoms with Crippen LogP contribution in [0.1, 0.15) is 30.4 Å². The van der Waals surface area contributed by atoms with E-state index in [2.05, 4.69) is 16.9 Å². The van der Waals surface area contributed by atoms with Crippen molar-refractivity contribution in [2.45, 2.75) is 32.0 Å². The lowest BCUT2D eigenvalue weighted by atomic mass is 9.87. The number of rotatable bonds is 5. The largest absolute Gasteiger partial charge is 0.484 e. The molecule has 4 rings (SSSR count). The number of carbonyl (C=O) groups excluding carboxylic acids is 1. The average Bonchev–Trinajstić information content (AvgIpc) is 2.99. The molecule has 1 saturated heterocycles. The molecule has 0 saturated carbocycles. The standard InChI is InChI=1S/C19H20FN3O3/c1-2-3-17-21-8-15-16(22-17)9-26-19(15)11-23(12-19)18(24)10-25-14-6-4-13(20)5-7-14/h4-8H,2-3,9-12H2,1H3. The topological polar surface area (TPSA) is 64.6 Å². The van der Waals surface area contributed by atoms with E-state index in [1.165, 1.54) is 24.3 Å². The molecule has 0 radical (unpaired) electrons. The number of carbonyl (C=O) groups is 1. The van der Waals surface area contributed by atoms with E-state index in [1.807, 2.05) is 6.20 Å². The van der Waals surface area contributed by atoms with Gasteiger partial charge in [0.15, 0.2) is 6.61 Å². The summed E-state index contributed by atoms with van der Waals surface area (Å²) in [5, 5.41) is 0. The zero-order valence-electron chi connectivity index (χ0n) is 14.6. The number of ether oxygens (including phenoxy) is 2. The van der Waals surface area contributed by atoms with Gasteiger partial charge in [0.1, 0.15) is 23.0 Å². The van der Waals surface area contributed by atoms with Crippen LogP contribution in [0.2, 0.25) is 0 Å². The Hall–Kier alpha value is -2.54. The number of amides is 1. The van der Waals surface area contributed by atoms with Crippen LogP contribution in [0, 0.1) is 5.82 Å². The maximum absolute atomic E-state index is 12.9. The number of likely N-dealkylation sites (tertiary alicyclic amines) is 1. The molecule has 0 bridgehead atoms. The van der Waals surface area contributed by atoms with Gasteiger partial charge >= 0.3 is 0 Å². The summed E-state index contributed by atoms with van der Waals surface area (Å²) in [6.45, 7) is 3.42. The fourth-order valence-electron chi connectivity index (χ4n) is 3.35. The Labute approximate surface area is 151 Å². The van der Waals surface area contributed by atoms with E-state index in [-0.39, 0.29) is 18.3 Å². The molecule has 2 aliphatic rings. The van der Waals surface area contributed by atoms with Crippen LogP contribution in [0.4, 0.5) is 4.39 Å². The van der Waals surface area contributed by atoms with Crippen LogP contribution in [-0.2, 0) is 28.2 Å². The monoisotopic (exact) mass is 357 g/mol. The summed E-state index contributed by atoms with van der Waals surface area (Å²) < 4.78 is 24.3. The third-order valence-electron chi connectivity index (χ3n) is 4.79. The lowest BCUT2D eigenvalue weighted by Gasteiger charge is -2.47. The molecule has 0 unspecified atom stereocenters. The molecule has 1 fully saturated rings. The van der Waals surface area contributed by atoms with Crippen molar-refractivity contribution in [1.82, 2.24) is 14.9 Å². The molecular formula is C19H20FN3O3. The first kappa shape index (κ1) is 16.9. The van der Waals surface area contributed by atoms with Crippen molar-refractivity contribution >= 4 is 5.91 Å². The van der Waals surface area contributed by atoms with Gasteiger partial charge in [0, 0.05) is 18.2 Å². The van der Waals surface area contributed by atoms with Gasteiger partial charge in [0.05, 0.1) is 25.4 Å². The third kappa shape index (κ3) is 3.03. The van der Waals surface area contributed by atoms with E-state index in [0.29, 0.717) is 25.4 Å². The highest BCUT2D eigenvalue weighted by molar-refractivity contribution is 5.79. The molecule has 2 aromatic rings. The van der Waals surface area contributed by atoms with Gasteiger partial charge in [-0.2, -0.15) is 0 Å². The maximum atomic E-state index is 12.9. The predicted octanol–water partition coefficient (Wildman–Crippen LogP) is 2.21. The van der Waals surface area contributed by atoms with Crippen molar-refractivity contribution in [2.24, 2.45) is 0 Å². The van der Waals surface area contributed by atoms with Gasteiger partial charge in [-0.15, -0.1) is 0 Å². The second-order valence-electron chi connectivity index (χ2n) is 6.67. The molecule has 1 aromatic heterocycles. The van der Waals surface area contributed by atoms with Crippen molar-refractivity contribution in [1.29, 1.82) is 0 Å². The molecule has 0 aliphatic carbocycles. The predicted molar refractivity (Wildman–Crippen MR) is 91.0 cm³/mol. The first-order valence-corrected chi connectivity index (χ1v) is 8.75. The Bertz CT molecular complexity index is 819. The van der Waals surface area contributed by atoms with Crippen molar-refractivity contribution in [2.75, 3.05) is 19.7 Å². The number of fused-ring (bicyclic) bond motifs is 2. The number of hydrogen-bond acceptors (Lipinski definition) is 5. The van der Waals surface area contributed by atoms with Crippen molar-refractivity contribution < 1.29 is 18.7 Å². The summed E-state index contributed by atoms with van der Waals surface area (Å²) in [4.78, 5) is 23.0. The first-order chi connectivity index (χ1) is 12.6. The van der Waals surface area contributed by atoms with Crippen molar-refractivity contribution in [3.05, 3.63) is 53.4 Å². The SMILES string of the molecule is CCCc1ncc2c(n1)COC21CN(C(=O)COc2ccc(F)cc2)C1. The fraction of sp³-hybridized carbons (Fsp3) is 0.421. The second-order valence-corrected chi connectivity index (χ2v) is 6.67. The minimum absolute atomic E-state index is 0.0828. The highest BCUT2D eigenvalue weighted by atomic mass is 19.1. The first-order valence-electron chi connectivity index (χ1n) is 8.75. The summed E-state index contributed by atoms with van der Waals surface area (Å²) in [5.74, 6) is 0.844. The minimum Gasteiger partial charge on any atom is -0.484 e. The van der Waals surface area contributed by atoms with Crippen LogP contribution in [0.5, 0.6) is 5.75 Å². The minimum atomic E-state index is -0.481. The van der Waals surface area contributed by atoms with E-state index >= 15 is 0 Å². The van der Waals surface area contributed by atoms with Crippen LogP contribution in [0.3, 0.4) is 0 Å². The van der Waals surface area contributed by atoms with E-state index in [9.17, 15) is 9.18 Å². The molecule has 26 heavy (non-hydrogen) atoms. The van der Waals surface area contributed by atoms with Crippen LogP contribution >= 0.6 is 0 Å². The second kappa shape index (κ2) is 6.64. The summed E-state index contributed by atoms with van der Waals surface area (Å²) in [7, 11) is 0. The van der Waals surface area contributed by atoms with Crippen LogP contribution < -0.4 is 4.74 Å². The number of benzene rings is 1. The molecule has 0 N–H and O–H groups in total. The Morgan fingerprint density at radius 3 is 2.85 bits per heavy atom. The average molecular weight is 357 g/mol.